The van der Waals surface area contributed by atoms with Crippen molar-refractivity contribution >= 4 is 30.2 Å². The van der Waals surface area contributed by atoms with E-state index in [0.29, 0.717) is 44.9 Å². The lowest BCUT2D eigenvalue weighted by atomic mass is 9.33. The zero-order valence-corrected chi connectivity index (χ0v) is 85.8. The van der Waals surface area contributed by atoms with E-state index in [1.165, 1.54) is 20.8 Å². The van der Waals surface area contributed by atoms with Crippen LogP contribution in [-0.4, -0.2) is 468 Å². The molecule has 0 aromatic rings. The summed E-state index contributed by atoms with van der Waals surface area (Å²) in [5.41, 5.74) is -7.93. The largest absolute Gasteiger partial charge is 0.503 e. The Balaban J connectivity index is 0.700. The van der Waals surface area contributed by atoms with Crippen molar-refractivity contribution in [2.45, 2.75) is 450 Å². The van der Waals surface area contributed by atoms with Gasteiger partial charge in [0.15, 0.2) is 74.0 Å². The van der Waals surface area contributed by atoms with Gasteiger partial charge in [0.1, 0.15) is 146 Å². The number of aliphatic hydroxyl groups excluding tert-OH is 23. The summed E-state index contributed by atoms with van der Waals surface area (Å²) in [7, 11) is 0. The number of aliphatic hydroxyl groups is 24. The standard InChI is InChI=1S/C99H158O50/c1-14-38(3)50(136-58(110)26-44(106)25-51(39(4)15-2)137-89-78(64(116)53(32-102)139-89)146-86-68(120)65(117)60(112)40(5)133-86)24-43(105)27-59(111)141-74-42(7)135-88(79(70(74)122)147-87-69(121)66(118)73(41(6)134-87)142-85-72(124)75(49(108)34-131-85)143-91-81(125)98(129,36-104)37-132-91)149-92(128)99-23-22-93(8,9)28-47(99)46-16-17-55-94(10)20-19-57(95(11,35-103)54(94)18-21-96(55,12)97(46,13)29-56(99)109)140-90-80(148-83-45(30-100)61(113)63(115)52(31-101)138-83)76(71(123)77(145-90)82(126)127)144-84-67(119)62(114)48(107)33-130-84/h16,35,38-45,47-57,60-80,83-90,100-102,104-109,112-125,129H,14-15,17-34,36-37H2,1-13H3,(H,126,127)/t38-,39-,40-,41-,42+,43-,44-,45+,47-,48+,49+,50-,51-,52+,53-,54+,55+,56+,57-,60-,61+,62-,63-,64-,65+,66-,67+,68+,69+,70-,71-,72+,73-,74-,75-,76-,77-,78+,79+,80+,83-,84-,85-,86-,87-,88-,89+,90+,94-,95-,96+,97+,98+,99+/m0/s1. The molecule has 50 heteroatoms. The lowest BCUT2D eigenvalue weighted by molar-refractivity contribution is -0.389. The van der Waals surface area contributed by atoms with Gasteiger partial charge in [0, 0.05) is 12.8 Å². The van der Waals surface area contributed by atoms with Gasteiger partial charge in [-0.05, 0) is 130 Å². The smallest absolute Gasteiger partial charge is 0.335 e. The molecule has 0 bridgehead atoms. The monoisotopic (exact) mass is 2150 g/mol. The van der Waals surface area contributed by atoms with Gasteiger partial charge in [0.25, 0.3) is 0 Å². The number of carbonyl (C=O) groups is 5. The normalized spacial score (nSPS) is 48.1. The number of carbonyl (C=O) groups excluding carboxylic acids is 4. The average Bonchev–Trinajstić information content (AvgIpc) is 0.940. The van der Waals surface area contributed by atoms with E-state index in [-0.39, 0.29) is 43.9 Å². The molecule has 14 aliphatic rings. The molecule has 149 heavy (non-hydrogen) atoms. The van der Waals surface area contributed by atoms with Crippen LogP contribution < -0.4 is 0 Å². The molecule has 9 heterocycles. The molecule has 0 radical (unpaired) electrons. The van der Waals surface area contributed by atoms with E-state index >= 15 is 4.79 Å². The molecule has 0 aromatic carbocycles. The van der Waals surface area contributed by atoms with Crippen LogP contribution in [0, 0.1) is 68.0 Å². The molecule has 9 aliphatic heterocycles. The Labute approximate surface area is 860 Å². The molecule has 0 unspecified atom stereocenters. The van der Waals surface area contributed by atoms with Gasteiger partial charge in [-0.2, -0.15) is 0 Å². The lowest BCUT2D eigenvalue weighted by Gasteiger charge is -2.71. The van der Waals surface area contributed by atoms with Crippen LogP contribution in [0.15, 0.2) is 23.4 Å². The molecule has 12 fully saturated rings. The van der Waals surface area contributed by atoms with E-state index < -0.39 is 421 Å². The molecule has 0 aromatic heterocycles. The molecule has 25 N–H and O–H groups in total. The number of esters is 3. The van der Waals surface area contributed by atoms with Gasteiger partial charge in [0.05, 0.1) is 119 Å². The molecule has 8 saturated heterocycles. The summed E-state index contributed by atoms with van der Waals surface area (Å²) in [5, 5.41) is 279. The van der Waals surface area contributed by atoms with E-state index in [2.05, 4.69) is 19.9 Å². The first-order chi connectivity index (χ1) is 70.0. The van der Waals surface area contributed by atoms with Crippen molar-refractivity contribution < 1.29 is 246 Å². The second-order valence-electron chi connectivity index (χ2n) is 45.4. The average molecular weight is 2150 g/mol. The molecular weight excluding hydrogens is 1990 g/mol. The predicted molar refractivity (Wildman–Crippen MR) is 494 cm³/mol. The molecule has 5 aliphatic carbocycles. The Bertz CT molecular complexity index is 4540. The molecule has 50 nitrogen and oxygen atoms in total. The third kappa shape index (κ3) is 23.2. The first-order valence-electron chi connectivity index (χ1n) is 51.9. The van der Waals surface area contributed by atoms with Gasteiger partial charge in [0.2, 0.25) is 12.0 Å². The fourth-order valence-electron chi connectivity index (χ4n) is 25.6. The number of rotatable bonds is 38. The van der Waals surface area contributed by atoms with Crippen LogP contribution in [0.25, 0.3) is 0 Å². The quantitative estimate of drug-likeness (QED) is 0.00901. The lowest BCUT2D eigenvalue weighted by Crippen LogP contribution is -2.69. The maximum Gasteiger partial charge on any atom is 0.335 e. The predicted octanol–water partition coefficient (Wildman–Crippen LogP) is -5.55. The van der Waals surface area contributed by atoms with Crippen LogP contribution in [-0.2, 0) is 119 Å². The number of aliphatic carboxylic acids is 1. The minimum Gasteiger partial charge on any atom is -0.503 e. The molecule has 54 atom stereocenters. The van der Waals surface area contributed by atoms with Crippen molar-refractivity contribution in [1.82, 2.24) is 0 Å². The Morgan fingerprint density at radius 1 is 0.503 bits per heavy atom. The van der Waals surface area contributed by atoms with Crippen LogP contribution in [0.1, 0.15) is 186 Å². The molecule has 4 saturated carbocycles. The number of allylic oxidation sites excluding steroid dienone is 2. The maximum absolute atomic E-state index is 16.4. The number of carboxylic acid groups (broad SMARTS) is 1. The van der Waals surface area contributed by atoms with Crippen LogP contribution in [0.3, 0.4) is 0 Å². The molecule has 854 valence electrons. The fourth-order valence-corrected chi connectivity index (χ4v) is 25.6. The minimum atomic E-state index is -2.30. The van der Waals surface area contributed by atoms with Crippen LogP contribution in [0.4, 0.5) is 0 Å². The summed E-state index contributed by atoms with van der Waals surface area (Å²) in [6.07, 6.45) is -69.5. The highest BCUT2D eigenvalue weighted by atomic mass is 16.8. The third-order valence-electron chi connectivity index (χ3n) is 35.4. The van der Waals surface area contributed by atoms with E-state index in [0.717, 1.165) is 11.9 Å². The zero-order chi connectivity index (χ0) is 109. The summed E-state index contributed by atoms with van der Waals surface area (Å²) >= 11 is 0. The van der Waals surface area contributed by atoms with Gasteiger partial charge in [-0.3, -0.25) is 14.4 Å². The van der Waals surface area contributed by atoms with Gasteiger partial charge < -0.3 is 227 Å². The number of carboxylic acids is 1. The van der Waals surface area contributed by atoms with Crippen LogP contribution in [0.2, 0.25) is 0 Å². The highest BCUT2D eigenvalue weighted by molar-refractivity contribution is 5.80. The number of aldehydes is 1. The van der Waals surface area contributed by atoms with Crippen molar-refractivity contribution in [3.8, 4) is 0 Å². The van der Waals surface area contributed by atoms with Crippen molar-refractivity contribution in [3.05, 3.63) is 23.4 Å². The SMILES string of the molecule is CC[C@H](C)[C@H](C[C@H](O)CC(=O)O[C@@H]1[C@H](O)[C@@H](O[C@@H]2O[C@@H](C)[C@H](O[C@@H]3OC[C@@H](O)[C@H](OC4=C(O)[C@@](O)(CO)CO4)[C@H]3O)[C@@H](O)[C@H]2O)[C@H](OC(=O)[C@]23CCC(C)(C)C[C@H]2C2=CC[C@@H]4[C@@]5(C)CC[C@H](O[C@@H]6O[C@H](C(=O)O)[C@@H](O)[C@H](O[C@@H]7OC[C@@H](O)[C@H](O)[C@H]7O)[C@H]6O[C@@H]6O[C@H](CO)[C@H](O)[C@H](O)[C@H]6CO)[C@@](C)(C=O)[C@@H]5CC[C@@]4(C)[C@]2(C)C[C@H]3O)O[C@@H]1C)OC(=O)C[C@@H](O)C[C@H](O[C@@H]1O[C@@H](CO)[C@H](O)[C@H]1O[C@@H]1O[C@@H](C)[C@H](O)[C@@H](O)[C@H]1O)[C@@H](C)CC. The van der Waals surface area contributed by atoms with E-state index in [9.17, 15) is 147 Å². The summed E-state index contributed by atoms with van der Waals surface area (Å²) in [5.74, 6) is -10.8. The third-order valence-corrected chi connectivity index (χ3v) is 35.4. The van der Waals surface area contributed by atoms with Crippen LogP contribution in [0.5, 0.6) is 0 Å². The molecule has 0 spiro atoms. The zero-order valence-electron chi connectivity index (χ0n) is 85.8. The Kier molecular flexibility index (Phi) is 38.1. The fraction of sp³-hybridized carbons (Fsp3) is 0.909. The van der Waals surface area contributed by atoms with E-state index in [1.807, 2.05) is 27.7 Å². The first kappa shape index (κ1) is 119. The second kappa shape index (κ2) is 47.6. The van der Waals surface area contributed by atoms with Crippen molar-refractivity contribution in [3.63, 3.8) is 0 Å². The Hall–Kier alpha value is -5.09. The maximum atomic E-state index is 16.4. The van der Waals surface area contributed by atoms with E-state index in [1.54, 1.807) is 27.7 Å². The molecule has 0 amide bonds. The van der Waals surface area contributed by atoms with Crippen LogP contribution >= 0.6 is 0 Å². The first-order valence-corrected chi connectivity index (χ1v) is 51.9. The highest BCUT2D eigenvalue weighted by Gasteiger charge is 2.74. The number of fused-ring (bicyclic) bond motifs is 7. The number of hydrogen-bond acceptors (Lipinski definition) is 49. The highest BCUT2D eigenvalue weighted by Crippen LogP contribution is 2.76. The second-order valence-corrected chi connectivity index (χ2v) is 45.4. The van der Waals surface area contributed by atoms with Crippen molar-refractivity contribution in [2.75, 3.05) is 46.2 Å². The number of hydrogen-bond donors (Lipinski definition) is 25. The summed E-state index contributed by atoms with van der Waals surface area (Å²) in [6, 6.07) is 0. The van der Waals surface area contributed by atoms with Crippen molar-refractivity contribution in [2.24, 2.45) is 68.0 Å². The van der Waals surface area contributed by atoms with Gasteiger partial charge >= 0.3 is 29.8 Å². The topological polar surface area (TPSA) is 776 Å². The summed E-state index contributed by atoms with van der Waals surface area (Å²) in [4.78, 5) is 72.7. The van der Waals surface area contributed by atoms with Gasteiger partial charge in [-0.25, -0.2) is 4.79 Å². The van der Waals surface area contributed by atoms with Gasteiger partial charge in [-0.15, -0.1) is 0 Å². The van der Waals surface area contributed by atoms with E-state index in [4.69, 9.17) is 94.7 Å². The molecule has 14 rings (SSSR count). The Morgan fingerprint density at radius 2 is 1.07 bits per heavy atom. The summed E-state index contributed by atoms with van der Waals surface area (Å²) < 4.78 is 121. The van der Waals surface area contributed by atoms with Gasteiger partial charge in [-0.1, -0.05) is 93.7 Å². The van der Waals surface area contributed by atoms with Crippen molar-refractivity contribution in [1.29, 1.82) is 0 Å². The summed E-state index contributed by atoms with van der Waals surface area (Å²) in [6.45, 7) is 17.7. The Morgan fingerprint density at radius 3 is 1.69 bits per heavy atom. The number of ether oxygens (including phenoxy) is 20. The molecular formula is C99H158O50. The minimum absolute atomic E-state index is 0.00340.